The number of hydrogen-bond acceptors (Lipinski definition) is 10. The zero-order chi connectivity index (χ0) is 32.6. The van der Waals surface area contributed by atoms with E-state index < -0.39 is 51.0 Å². The number of carbonyl (C=O) groups excluding carboxylic acids is 1. The molecule has 0 unspecified atom stereocenters. The monoisotopic (exact) mass is 644 g/mol. The van der Waals surface area contributed by atoms with Crippen LogP contribution in [0.1, 0.15) is 45.1 Å². The van der Waals surface area contributed by atoms with Crippen LogP contribution in [0, 0.1) is 32.8 Å². The van der Waals surface area contributed by atoms with Crippen LogP contribution < -0.4 is 5.32 Å². The lowest BCUT2D eigenvalue weighted by Gasteiger charge is -2.35. The lowest BCUT2D eigenvalue weighted by atomic mass is 9.87. The maximum absolute atomic E-state index is 14.0. The van der Waals surface area contributed by atoms with Crippen LogP contribution in [0.4, 0.5) is 10.5 Å². The van der Waals surface area contributed by atoms with Gasteiger partial charge in [-0.05, 0) is 48.8 Å². The molecule has 1 amide bonds. The predicted octanol–water partition coefficient (Wildman–Crippen LogP) is 3.77. The van der Waals surface area contributed by atoms with Gasteiger partial charge < -0.3 is 24.6 Å². The van der Waals surface area contributed by atoms with E-state index in [1.54, 1.807) is 0 Å². The standard InChI is InChI=1S/C31H40N4O9S/c1-31(2,15-6-7-16-32)21-34(45(40,41)24-12-10-23(11-13-24)35(38)39)19-27(36)26(18-22-8-4-3-5-9-22)33-30(37)44-28-20-43-29-25(28)14-17-42-29/h3-5,8-13,25-29,36H,6-7,14-15,17-21H2,1-2H3,(H,33,37)/t25-,26+,27-,28-,29+/m1/s1. The number of ether oxygens (including phenoxy) is 3. The number of amides is 1. The van der Waals surface area contributed by atoms with Crippen molar-refractivity contribution in [3.05, 3.63) is 70.3 Å². The number of nitro benzene ring substituents is 1. The van der Waals surface area contributed by atoms with E-state index in [9.17, 15) is 28.4 Å². The van der Waals surface area contributed by atoms with Crippen LogP contribution in [0.15, 0.2) is 59.5 Å². The van der Waals surface area contributed by atoms with Crippen molar-refractivity contribution in [2.75, 3.05) is 26.3 Å². The first-order valence-electron chi connectivity index (χ1n) is 14.9. The van der Waals surface area contributed by atoms with Gasteiger partial charge in [-0.1, -0.05) is 44.2 Å². The van der Waals surface area contributed by atoms with Crippen molar-refractivity contribution >= 4 is 21.8 Å². The molecule has 0 aromatic heterocycles. The summed E-state index contributed by atoms with van der Waals surface area (Å²) in [6.07, 6.45) is -0.784. The Labute approximate surface area is 263 Å². The molecule has 4 rings (SSSR count). The summed E-state index contributed by atoms with van der Waals surface area (Å²) in [5, 5.41) is 34.5. The van der Waals surface area contributed by atoms with Crippen molar-refractivity contribution < 1.29 is 37.5 Å². The Kier molecular flexibility index (Phi) is 11.5. The molecule has 0 aliphatic carbocycles. The second kappa shape index (κ2) is 15.1. The molecule has 14 heteroatoms. The fourth-order valence-corrected chi connectivity index (χ4v) is 7.34. The molecule has 0 radical (unpaired) electrons. The smallest absolute Gasteiger partial charge is 0.407 e. The predicted molar refractivity (Wildman–Crippen MR) is 162 cm³/mol. The highest BCUT2D eigenvalue weighted by molar-refractivity contribution is 7.89. The summed E-state index contributed by atoms with van der Waals surface area (Å²) in [5.74, 6) is -0.0844. The average molecular weight is 645 g/mol. The van der Waals surface area contributed by atoms with E-state index in [1.165, 1.54) is 0 Å². The number of nitriles is 1. The number of non-ortho nitro benzene ring substituents is 1. The first-order chi connectivity index (χ1) is 21.4. The zero-order valence-corrected chi connectivity index (χ0v) is 26.2. The Balaban J connectivity index is 1.57. The highest BCUT2D eigenvalue weighted by atomic mass is 32.2. The molecule has 2 fully saturated rings. The maximum Gasteiger partial charge on any atom is 0.407 e. The van der Waals surface area contributed by atoms with Crippen LogP contribution in [0.25, 0.3) is 0 Å². The van der Waals surface area contributed by atoms with Gasteiger partial charge in [0.25, 0.3) is 5.69 Å². The Morgan fingerprint density at radius 2 is 1.93 bits per heavy atom. The molecule has 13 nitrogen and oxygen atoms in total. The maximum atomic E-state index is 14.0. The number of unbranched alkanes of at least 4 members (excludes halogenated alkanes) is 1. The molecule has 2 aromatic rings. The summed E-state index contributed by atoms with van der Waals surface area (Å²) in [6, 6.07) is 14.9. The highest BCUT2D eigenvalue weighted by Crippen LogP contribution is 2.33. The number of aliphatic hydroxyl groups is 1. The Bertz CT molecular complexity index is 1450. The third kappa shape index (κ3) is 9.21. The summed E-state index contributed by atoms with van der Waals surface area (Å²) in [6.45, 7) is 4.05. The van der Waals surface area contributed by atoms with Gasteiger partial charge in [0.15, 0.2) is 6.29 Å². The van der Waals surface area contributed by atoms with Gasteiger partial charge in [-0.2, -0.15) is 9.57 Å². The molecule has 2 aromatic carbocycles. The van der Waals surface area contributed by atoms with E-state index in [2.05, 4.69) is 11.4 Å². The number of nitrogens with one attached hydrogen (secondary N) is 1. The van der Waals surface area contributed by atoms with Gasteiger partial charge in [0.2, 0.25) is 10.0 Å². The van der Waals surface area contributed by atoms with Gasteiger partial charge in [-0.25, -0.2) is 13.2 Å². The van der Waals surface area contributed by atoms with Gasteiger partial charge in [-0.15, -0.1) is 0 Å². The number of rotatable bonds is 15. The number of benzene rings is 2. The minimum atomic E-state index is -4.25. The average Bonchev–Trinajstić information content (AvgIpc) is 3.62. The number of carbonyl (C=O) groups is 1. The summed E-state index contributed by atoms with van der Waals surface area (Å²) in [5.41, 5.74) is -0.0447. The summed E-state index contributed by atoms with van der Waals surface area (Å²) in [4.78, 5) is 23.5. The zero-order valence-electron chi connectivity index (χ0n) is 25.4. The summed E-state index contributed by atoms with van der Waals surface area (Å²) in [7, 11) is -4.25. The Morgan fingerprint density at radius 3 is 2.60 bits per heavy atom. The molecule has 45 heavy (non-hydrogen) atoms. The highest BCUT2D eigenvalue weighted by Gasteiger charge is 2.44. The van der Waals surface area contributed by atoms with Gasteiger partial charge in [0.1, 0.15) is 6.10 Å². The third-order valence-corrected chi connectivity index (χ3v) is 9.96. The van der Waals surface area contributed by atoms with Crippen LogP contribution in [0.3, 0.4) is 0 Å². The van der Waals surface area contributed by atoms with Crippen molar-refractivity contribution in [1.82, 2.24) is 9.62 Å². The summed E-state index contributed by atoms with van der Waals surface area (Å²) >= 11 is 0. The molecule has 0 saturated carbocycles. The first kappa shape index (κ1) is 34.3. The van der Waals surface area contributed by atoms with Crippen LogP contribution in [-0.4, -0.2) is 79.7 Å². The normalized spacial score (nSPS) is 21.1. The fraction of sp³-hybridized carbons (Fsp3) is 0.548. The van der Waals surface area contributed by atoms with E-state index in [-0.39, 0.29) is 42.6 Å². The van der Waals surface area contributed by atoms with Crippen molar-refractivity contribution in [2.45, 2.75) is 75.4 Å². The van der Waals surface area contributed by atoms with Gasteiger partial charge in [0, 0.05) is 31.6 Å². The van der Waals surface area contributed by atoms with Gasteiger partial charge in [0.05, 0.1) is 47.2 Å². The topological polar surface area (TPSA) is 181 Å². The molecule has 2 saturated heterocycles. The molecule has 0 spiro atoms. The second-order valence-electron chi connectivity index (χ2n) is 12.2. The molecule has 244 valence electrons. The summed E-state index contributed by atoms with van der Waals surface area (Å²) < 4.78 is 45.8. The van der Waals surface area contributed by atoms with Crippen LogP contribution in [-0.2, 0) is 30.7 Å². The molecule has 2 heterocycles. The lowest BCUT2D eigenvalue weighted by Crippen LogP contribution is -2.52. The first-order valence-corrected chi connectivity index (χ1v) is 16.4. The van der Waals surface area contributed by atoms with E-state index in [4.69, 9.17) is 19.5 Å². The van der Waals surface area contributed by atoms with Crippen LogP contribution in [0.2, 0.25) is 0 Å². The Hall–Kier alpha value is -3.61. The van der Waals surface area contributed by atoms with Crippen molar-refractivity contribution in [3.63, 3.8) is 0 Å². The van der Waals surface area contributed by atoms with Gasteiger partial charge >= 0.3 is 6.09 Å². The molecule has 2 aliphatic heterocycles. The van der Waals surface area contributed by atoms with E-state index in [1.807, 2.05) is 44.2 Å². The number of hydrogen-bond donors (Lipinski definition) is 2. The van der Waals surface area contributed by atoms with Crippen molar-refractivity contribution in [1.29, 1.82) is 5.26 Å². The van der Waals surface area contributed by atoms with Crippen LogP contribution >= 0.6 is 0 Å². The fourth-order valence-electron chi connectivity index (χ4n) is 5.70. The third-order valence-electron chi connectivity index (χ3n) is 8.13. The largest absolute Gasteiger partial charge is 0.443 e. The minimum absolute atomic E-state index is 0.0141. The number of nitrogens with zero attached hydrogens (tertiary/aromatic N) is 3. The number of sulfonamides is 1. The number of alkyl carbamates (subject to hydrolysis) is 1. The van der Waals surface area contributed by atoms with Crippen molar-refractivity contribution in [3.8, 4) is 6.07 Å². The van der Waals surface area contributed by atoms with Crippen LogP contribution in [0.5, 0.6) is 0 Å². The van der Waals surface area contributed by atoms with E-state index >= 15 is 0 Å². The van der Waals surface area contributed by atoms with E-state index in [0.29, 0.717) is 32.3 Å². The van der Waals surface area contributed by atoms with Crippen molar-refractivity contribution in [2.24, 2.45) is 11.3 Å². The van der Waals surface area contributed by atoms with E-state index in [0.717, 1.165) is 34.1 Å². The second-order valence-corrected chi connectivity index (χ2v) is 14.1. The molecular formula is C31H40N4O9S. The number of nitro groups is 1. The minimum Gasteiger partial charge on any atom is -0.443 e. The molecule has 2 aliphatic rings. The molecular weight excluding hydrogens is 604 g/mol. The Morgan fingerprint density at radius 1 is 1.22 bits per heavy atom. The SMILES string of the molecule is CC(C)(CCCC#N)CN(C[C@@H](O)[C@H](Cc1ccccc1)NC(=O)O[C@@H]1CO[C@@H]2OCC[C@@H]21)S(=O)(=O)c1ccc([N+](=O)[O-])cc1. The number of fused-ring (bicyclic) bond motifs is 1. The number of aliphatic hydroxyl groups excluding tert-OH is 1. The molecule has 2 N–H and O–H groups in total. The molecule has 5 atom stereocenters. The molecule has 0 bridgehead atoms. The van der Waals surface area contributed by atoms with Gasteiger partial charge in [-0.3, -0.25) is 10.1 Å². The lowest BCUT2D eigenvalue weighted by molar-refractivity contribution is -0.384. The quantitative estimate of drug-likeness (QED) is 0.165.